The maximum absolute atomic E-state index is 11.9. The summed E-state index contributed by atoms with van der Waals surface area (Å²) in [5, 5.41) is 0. The Labute approximate surface area is 117 Å². The first kappa shape index (κ1) is 14.2. The summed E-state index contributed by atoms with van der Waals surface area (Å²) in [6.07, 6.45) is 0.188. The highest BCUT2D eigenvalue weighted by Crippen LogP contribution is 2.28. The molecule has 0 aromatic heterocycles. The van der Waals surface area contributed by atoms with E-state index in [0.29, 0.717) is 24.6 Å². The van der Waals surface area contributed by atoms with Crippen LogP contribution in [0.5, 0.6) is 11.5 Å². The van der Waals surface area contributed by atoms with E-state index in [-0.39, 0.29) is 12.3 Å². The molecule has 0 aliphatic carbocycles. The molecule has 0 radical (unpaired) electrons. The highest BCUT2D eigenvalue weighted by atomic mass is 16.5. The van der Waals surface area contributed by atoms with Gasteiger partial charge in [0, 0.05) is 31.1 Å². The zero-order valence-corrected chi connectivity index (χ0v) is 11.6. The number of hydrogen-bond acceptors (Lipinski definition) is 4. The molecular formula is C14H18N2O4. The Kier molecular flexibility index (Phi) is 4.12. The Morgan fingerprint density at radius 2 is 2.15 bits per heavy atom. The van der Waals surface area contributed by atoms with Gasteiger partial charge in [-0.05, 0) is 12.1 Å². The lowest BCUT2D eigenvalue weighted by molar-refractivity contribution is -0.128. The van der Waals surface area contributed by atoms with Crippen LogP contribution in [-0.2, 0) is 16.1 Å². The van der Waals surface area contributed by atoms with Crippen LogP contribution < -0.4 is 15.2 Å². The van der Waals surface area contributed by atoms with Crippen LogP contribution in [0.2, 0.25) is 0 Å². The number of carbonyl (C=O) groups is 2. The number of rotatable bonds is 5. The molecule has 0 unspecified atom stereocenters. The smallest absolute Gasteiger partial charge is 0.223 e. The summed E-state index contributed by atoms with van der Waals surface area (Å²) < 4.78 is 10.4. The Balaban J connectivity index is 2.14. The number of primary amides is 1. The van der Waals surface area contributed by atoms with Crippen LogP contribution in [0.4, 0.5) is 0 Å². The Hall–Kier alpha value is -2.24. The minimum atomic E-state index is -0.428. The van der Waals surface area contributed by atoms with Gasteiger partial charge in [-0.3, -0.25) is 9.59 Å². The van der Waals surface area contributed by atoms with Crippen molar-refractivity contribution in [2.75, 3.05) is 20.8 Å². The van der Waals surface area contributed by atoms with E-state index in [1.165, 1.54) is 0 Å². The first-order valence-electron chi connectivity index (χ1n) is 6.33. The Morgan fingerprint density at radius 3 is 2.70 bits per heavy atom. The lowest BCUT2D eigenvalue weighted by Gasteiger charge is -2.18. The lowest BCUT2D eigenvalue weighted by Crippen LogP contribution is -2.28. The molecule has 1 aromatic rings. The fourth-order valence-electron chi connectivity index (χ4n) is 2.30. The first-order valence-corrected chi connectivity index (χ1v) is 6.33. The van der Waals surface area contributed by atoms with Crippen molar-refractivity contribution in [3.63, 3.8) is 0 Å². The zero-order valence-electron chi connectivity index (χ0n) is 11.6. The van der Waals surface area contributed by atoms with Gasteiger partial charge in [-0.1, -0.05) is 0 Å². The summed E-state index contributed by atoms with van der Waals surface area (Å²) in [7, 11) is 3.15. The number of benzene rings is 1. The average molecular weight is 278 g/mol. The molecule has 20 heavy (non-hydrogen) atoms. The molecule has 108 valence electrons. The van der Waals surface area contributed by atoms with Gasteiger partial charge in [-0.25, -0.2) is 0 Å². The van der Waals surface area contributed by atoms with Gasteiger partial charge in [0.15, 0.2) is 0 Å². The van der Waals surface area contributed by atoms with Gasteiger partial charge in [0.1, 0.15) is 11.5 Å². The van der Waals surface area contributed by atoms with Crippen LogP contribution in [0.15, 0.2) is 18.2 Å². The van der Waals surface area contributed by atoms with Gasteiger partial charge in [-0.15, -0.1) is 0 Å². The average Bonchev–Trinajstić information content (AvgIpc) is 2.81. The zero-order chi connectivity index (χ0) is 14.7. The van der Waals surface area contributed by atoms with E-state index in [1.807, 2.05) is 12.1 Å². The molecule has 0 spiro atoms. The van der Waals surface area contributed by atoms with Crippen molar-refractivity contribution >= 4 is 11.8 Å². The van der Waals surface area contributed by atoms with Gasteiger partial charge < -0.3 is 20.1 Å². The number of carbonyl (C=O) groups excluding carboxylic acids is 2. The van der Waals surface area contributed by atoms with Crippen molar-refractivity contribution in [3.8, 4) is 11.5 Å². The van der Waals surface area contributed by atoms with E-state index in [9.17, 15) is 9.59 Å². The number of nitrogens with two attached hydrogens (primary N) is 1. The molecule has 1 aromatic carbocycles. The van der Waals surface area contributed by atoms with Crippen LogP contribution in [0.1, 0.15) is 12.0 Å². The second kappa shape index (κ2) is 5.81. The molecular weight excluding hydrogens is 260 g/mol. The van der Waals surface area contributed by atoms with E-state index < -0.39 is 11.8 Å². The van der Waals surface area contributed by atoms with Gasteiger partial charge in [0.25, 0.3) is 0 Å². The van der Waals surface area contributed by atoms with Gasteiger partial charge in [0.2, 0.25) is 11.8 Å². The fraction of sp³-hybridized carbons (Fsp3) is 0.429. The second-order valence-corrected chi connectivity index (χ2v) is 4.76. The minimum Gasteiger partial charge on any atom is -0.497 e. The lowest BCUT2D eigenvalue weighted by atomic mass is 10.1. The van der Waals surface area contributed by atoms with Crippen LogP contribution in [0, 0.1) is 5.92 Å². The number of hydrogen-bond donors (Lipinski definition) is 1. The van der Waals surface area contributed by atoms with Crippen LogP contribution in [0.3, 0.4) is 0 Å². The first-order chi connectivity index (χ1) is 9.55. The Morgan fingerprint density at radius 1 is 1.40 bits per heavy atom. The summed E-state index contributed by atoms with van der Waals surface area (Å²) in [4.78, 5) is 24.6. The monoisotopic (exact) mass is 278 g/mol. The molecule has 2 rings (SSSR count). The molecule has 2 N–H and O–H groups in total. The largest absolute Gasteiger partial charge is 0.497 e. The topological polar surface area (TPSA) is 81.9 Å². The number of methoxy groups -OCH3 is 2. The molecule has 1 atom stereocenters. The summed E-state index contributed by atoms with van der Waals surface area (Å²) in [5.74, 6) is 0.453. The Bertz CT molecular complexity index is 530. The van der Waals surface area contributed by atoms with E-state index >= 15 is 0 Å². The molecule has 6 nitrogen and oxygen atoms in total. The van der Waals surface area contributed by atoms with Crippen LogP contribution >= 0.6 is 0 Å². The van der Waals surface area contributed by atoms with Crippen LogP contribution in [0.25, 0.3) is 0 Å². The third-order valence-electron chi connectivity index (χ3n) is 3.47. The number of amides is 2. The molecule has 2 amide bonds. The van der Waals surface area contributed by atoms with Crippen molar-refractivity contribution in [3.05, 3.63) is 23.8 Å². The highest BCUT2D eigenvalue weighted by Gasteiger charge is 2.33. The fourth-order valence-corrected chi connectivity index (χ4v) is 2.30. The van der Waals surface area contributed by atoms with Crippen molar-refractivity contribution in [1.82, 2.24) is 4.90 Å². The van der Waals surface area contributed by atoms with Gasteiger partial charge in [0.05, 0.1) is 20.1 Å². The summed E-state index contributed by atoms with van der Waals surface area (Å²) in [5.41, 5.74) is 6.12. The van der Waals surface area contributed by atoms with Gasteiger partial charge in [-0.2, -0.15) is 0 Å². The van der Waals surface area contributed by atoms with E-state index in [2.05, 4.69) is 0 Å². The molecule has 0 saturated carbocycles. The van der Waals surface area contributed by atoms with Crippen LogP contribution in [-0.4, -0.2) is 37.5 Å². The van der Waals surface area contributed by atoms with Crippen molar-refractivity contribution in [2.45, 2.75) is 13.0 Å². The third kappa shape index (κ3) is 2.84. The molecule has 1 aliphatic heterocycles. The predicted molar refractivity (Wildman–Crippen MR) is 72.3 cm³/mol. The molecule has 1 saturated heterocycles. The SMILES string of the molecule is COc1ccc(CN2C[C@@H](C(N)=O)CC2=O)c(OC)c1. The molecule has 6 heteroatoms. The molecule has 1 fully saturated rings. The summed E-state index contributed by atoms with van der Waals surface area (Å²) >= 11 is 0. The van der Waals surface area contributed by atoms with Crippen molar-refractivity contribution < 1.29 is 19.1 Å². The quantitative estimate of drug-likeness (QED) is 0.852. The summed E-state index contributed by atoms with van der Waals surface area (Å²) in [6, 6.07) is 5.42. The van der Waals surface area contributed by atoms with Crippen molar-refractivity contribution in [2.24, 2.45) is 11.7 Å². The van der Waals surface area contributed by atoms with E-state index in [1.54, 1.807) is 25.2 Å². The third-order valence-corrected chi connectivity index (χ3v) is 3.47. The second-order valence-electron chi connectivity index (χ2n) is 4.76. The van der Waals surface area contributed by atoms with E-state index in [0.717, 1.165) is 5.56 Å². The minimum absolute atomic E-state index is 0.0633. The van der Waals surface area contributed by atoms with E-state index in [4.69, 9.17) is 15.2 Å². The summed E-state index contributed by atoms with van der Waals surface area (Å²) in [6.45, 7) is 0.763. The normalized spacial score (nSPS) is 18.2. The molecule has 1 aliphatic rings. The maximum atomic E-state index is 11.9. The molecule has 1 heterocycles. The molecule has 0 bridgehead atoms. The maximum Gasteiger partial charge on any atom is 0.223 e. The highest BCUT2D eigenvalue weighted by molar-refractivity contribution is 5.88. The predicted octanol–water partition coefficient (Wildman–Crippen LogP) is 0.538. The van der Waals surface area contributed by atoms with Crippen molar-refractivity contribution in [1.29, 1.82) is 0 Å². The standard InChI is InChI=1S/C14H18N2O4/c1-19-11-4-3-9(12(6-11)20-2)7-16-8-10(14(15)18)5-13(16)17/h3-4,6,10H,5,7-8H2,1-2H3,(H2,15,18)/t10-/m0/s1. The number of likely N-dealkylation sites (tertiary alicyclic amines) is 1. The number of nitrogens with zero attached hydrogens (tertiary/aromatic N) is 1. The van der Waals surface area contributed by atoms with Gasteiger partial charge >= 0.3 is 0 Å². The number of ether oxygens (including phenoxy) is 2.